The van der Waals surface area contributed by atoms with E-state index in [-0.39, 0.29) is 0 Å². The average molecular weight is 728 g/mol. The van der Waals surface area contributed by atoms with Crippen LogP contribution in [0.1, 0.15) is 0 Å². The maximum absolute atomic E-state index is 6.78. The molecule has 0 aliphatic heterocycles. The van der Waals surface area contributed by atoms with Gasteiger partial charge >= 0.3 is 0 Å². The predicted octanol–water partition coefficient (Wildman–Crippen LogP) is 14.1. The van der Waals surface area contributed by atoms with Gasteiger partial charge in [0.1, 0.15) is 11.2 Å². The van der Waals surface area contributed by atoms with Gasteiger partial charge in [0.05, 0.1) is 0 Å². The highest BCUT2D eigenvalue weighted by Crippen LogP contribution is 2.42. The Morgan fingerprint density at radius 3 is 1.40 bits per heavy atom. The van der Waals surface area contributed by atoms with Gasteiger partial charge in [-0.2, -0.15) is 0 Å². The van der Waals surface area contributed by atoms with Crippen molar-refractivity contribution >= 4 is 43.5 Å². The third-order valence-electron chi connectivity index (χ3n) is 10.9. The van der Waals surface area contributed by atoms with E-state index in [0.29, 0.717) is 17.5 Å². The van der Waals surface area contributed by atoms with Crippen LogP contribution < -0.4 is 0 Å². The minimum atomic E-state index is 0.600. The van der Waals surface area contributed by atoms with E-state index >= 15 is 0 Å². The van der Waals surface area contributed by atoms with Gasteiger partial charge in [-0.05, 0) is 91.8 Å². The van der Waals surface area contributed by atoms with Gasteiger partial charge in [-0.1, -0.05) is 158 Å². The number of benzene rings is 9. The van der Waals surface area contributed by atoms with Crippen LogP contribution in [0.25, 0.3) is 111 Å². The molecule has 11 aromatic rings. The molecule has 9 aromatic carbocycles. The summed E-state index contributed by atoms with van der Waals surface area (Å²) in [7, 11) is 0. The summed E-state index contributed by atoms with van der Waals surface area (Å²) in [4.78, 5) is 15.2. The van der Waals surface area contributed by atoms with E-state index in [0.717, 1.165) is 66.4 Å². The van der Waals surface area contributed by atoms with Crippen LogP contribution >= 0.6 is 0 Å². The van der Waals surface area contributed by atoms with Crippen molar-refractivity contribution in [3.05, 3.63) is 200 Å². The molecule has 2 heterocycles. The third-order valence-corrected chi connectivity index (χ3v) is 10.9. The molecule has 0 N–H and O–H groups in total. The highest BCUT2D eigenvalue weighted by atomic mass is 16.3. The summed E-state index contributed by atoms with van der Waals surface area (Å²) >= 11 is 0. The summed E-state index contributed by atoms with van der Waals surface area (Å²) in [5, 5.41) is 6.85. The van der Waals surface area contributed by atoms with Crippen molar-refractivity contribution in [2.45, 2.75) is 0 Å². The standard InChI is InChI=1S/C53H33N3O/c1-3-11-34(12-4-1)37-19-23-39(24-20-37)52-54-51(38-15-5-2-6-16-38)55-53(56-52)44-27-28-49-47(31-44)48-33-45(42-25-21-35-13-7-9-17-40(35)29-42)32-46(50(48)57-49)43-26-22-36-14-8-10-18-41(36)30-43/h1-33H. The summed E-state index contributed by atoms with van der Waals surface area (Å²) < 4.78 is 6.78. The second-order valence-electron chi connectivity index (χ2n) is 14.5. The van der Waals surface area contributed by atoms with Gasteiger partial charge < -0.3 is 4.42 Å². The molecule has 0 saturated heterocycles. The van der Waals surface area contributed by atoms with Crippen LogP contribution in [0.3, 0.4) is 0 Å². The molecule has 0 unspecified atom stereocenters. The van der Waals surface area contributed by atoms with Crippen molar-refractivity contribution in [2.24, 2.45) is 0 Å². The van der Waals surface area contributed by atoms with E-state index in [1.165, 1.54) is 27.1 Å². The summed E-state index contributed by atoms with van der Waals surface area (Å²) in [6.45, 7) is 0. The maximum Gasteiger partial charge on any atom is 0.164 e. The molecule has 0 fully saturated rings. The molecule has 0 atom stereocenters. The molecular formula is C53H33N3O. The molecule has 4 nitrogen and oxygen atoms in total. The molecule has 0 saturated carbocycles. The van der Waals surface area contributed by atoms with Crippen LogP contribution in [-0.2, 0) is 0 Å². The molecule has 0 aliphatic carbocycles. The van der Waals surface area contributed by atoms with Gasteiger partial charge in [0.15, 0.2) is 17.5 Å². The van der Waals surface area contributed by atoms with E-state index in [9.17, 15) is 0 Å². The minimum absolute atomic E-state index is 0.600. The first-order valence-electron chi connectivity index (χ1n) is 19.2. The largest absolute Gasteiger partial charge is 0.455 e. The molecule has 0 radical (unpaired) electrons. The van der Waals surface area contributed by atoms with Crippen molar-refractivity contribution in [1.29, 1.82) is 0 Å². The van der Waals surface area contributed by atoms with Crippen molar-refractivity contribution in [3.63, 3.8) is 0 Å². The van der Waals surface area contributed by atoms with Gasteiger partial charge in [0, 0.05) is 33.0 Å². The SMILES string of the molecule is c1ccc(-c2ccc(-c3nc(-c4ccccc4)nc(-c4ccc5oc6c(-c7ccc8ccccc8c7)cc(-c7ccc8ccccc8c7)cc6c5c4)n3)cc2)cc1. The number of aromatic nitrogens is 3. The highest BCUT2D eigenvalue weighted by molar-refractivity contribution is 6.13. The van der Waals surface area contributed by atoms with Crippen molar-refractivity contribution in [2.75, 3.05) is 0 Å². The highest BCUT2D eigenvalue weighted by Gasteiger charge is 2.19. The maximum atomic E-state index is 6.78. The van der Waals surface area contributed by atoms with Crippen molar-refractivity contribution < 1.29 is 4.42 Å². The first-order valence-corrected chi connectivity index (χ1v) is 19.2. The lowest BCUT2D eigenvalue weighted by molar-refractivity contribution is 0.670. The Hall–Kier alpha value is -7.69. The number of fused-ring (bicyclic) bond motifs is 5. The summed E-state index contributed by atoms with van der Waals surface area (Å²) in [5.74, 6) is 1.84. The van der Waals surface area contributed by atoms with Crippen LogP contribution in [0.5, 0.6) is 0 Å². The van der Waals surface area contributed by atoms with E-state index in [1.807, 2.05) is 42.5 Å². The molecule has 0 bridgehead atoms. The van der Waals surface area contributed by atoms with Gasteiger partial charge in [0.2, 0.25) is 0 Å². The monoisotopic (exact) mass is 727 g/mol. The second-order valence-corrected chi connectivity index (χ2v) is 14.5. The lowest BCUT2D eigenvalue weighted by Crippen LogP contribution is -2.00. The molecule has 0 aliphatic rings. The third kappa shape index (κ3) is 6.01. The van der Waals surface area contributed by atoms with Crippen LogP contribution in [0.4, 0.5) is 0 Å². The number of furan rings is 1. The van der Waals surface area contributed by atoms with Crippen LogP contribution in [-0.4, -0.2) is 15.0 Å². The molecule has 266 valence electrons. The number of rotatable bonds is 6. The Labute approximate surface area is 329 Å². The molecule has 11 rings (SSSR count). The van der Waals surface area contributed by atoms with Gasteiger partial charge in [-0.15, -0.1) is 0 Å². The Balaban J connectivity index is 1.10. The van der Waals surface area contributed by atoms with Crippen molar-refractivity contribution in [1.82, 2.24) is 15.0 Å². The topological polar surface area (TPSA) is 51.8 Å². The van der Waals surface area contributed by atoms with E-state index in [2.05, 4.69) is 158 Å². The van der Waals surface area contributed by atoms with Gasteiger partial charge in [0.25, 0.3) is 0 Å². The number of nitrogens with zero attached hydrogens (tertiary/aromatic N) is 3. The zero-order valence-electron chi connectivity index (χ0n) is 30.8. The fraction of sp³-hybridized carbons (Fsp3) is 0. The Kier molecular flexibility index (Phi) is 7.78. The van der Waals surface area contributed by atoms with Gasteiger partial charge in [-0.3, -0.25) is 0 Å². The van der Waals surface area contributed by atoms with E-state index in [4.69, 9.17) is 19.4 Å². The molecule has 0 amide bonds. The number of hydrogen-bond donors (Lipinski definition) is 0. The Morgan fingerprint density at radius 2 is 0.737 bits per heavy atom. The number of hydrogen-bond acceptors (Lipinski definition) is 4. The summed E-state index contributed by atoms with van der Waals surface area (Å²) in [5.41, 5.74) is 11.1. The van der Waals surface area contributed by atoms with Gasteiger partial charge in [-0.25, -0.2) is 15.0 Å². The molecule has 57 heavy (non-hydrogen) atoms. The normalized spacial score (nSPS) is 11.5. The average Bonchev–Trinajstić information content (AvgIpc) is 3.67. The second kappa shape index (κ2) is 13.6. The molecular weight excluding hydrogens is 695 g/mol. The molecule has 0 spiro atoms. The summed E-state index contributed by atoms with van der Waals surface area (Å²) in [6, 6.07) is 70.1. The lowest BCUT2D eigenvalue weighted by atomic mass is 9.93. The summed E-state index contributed by atoms with van der Waals surface area (Å²) in [6.07, 6.45) is 0. The predicted molar refractivity (Wildman–Crippen MR) is 235 cm³/mol. The zero-order valence-corrected chi connectivity index (χ0v) is 30.8. The fourth-order valence-electron chi connectivity index (χ4n) is 7.92. The first-order chi connectivity index (χ1) is 28.2. The van der Waals surface area contributed by atoms with E-state index < -0.39 is 0 Å². The quantitative estimate of drug-likeness (QED) is 0.171. The zero-order chi connectivity index (χ0) is 37.7. The minimum Gasteiger partial charge on any atom is -0.455 e. The van der Waals surface area contributed by atoms with Crippen LogP contribution in [0, 0.1) is 0 Å². The van der Waals surface area contributed by atoms with E-state index in [1.54, 1.807) is 0 Å². The Bertz CT molecular complexity index is 3280. The Morgan fingerprint density at radius 1 is 0.281 bits per heavy atom. The fourth-order valence-corrected chi connectivity index (χ4v) is 7.92. The smallest absolute Gasteiger partial charge is 0.164 e. The molecule has 4 heteroatoms. The van der Waals surface area contributed by atoms with Crippen molar-refractivity contribution in [3.8, 4) is 67.5 Å². The molecule has 2 aromatic heterocycles. The first kappa shape index (κ1) is 32.7. The van der Waals surface area contributed by atoms with Crippen LogP contribution in [0.2, 0.25) is 0 Å². The van der Waals surface area contributed by atoms with Crippen LogP contribution in [0.15, 0.2) is 205 Å². The lowest BCUT2D eigenvalue weighted by Gasteiger charge is -2.10.